The second-order valence-electron chi connectivity index (χ2n) is 6.37. The highest BCUT2D eigenvalue weighted by Crippen LogP contribution is 2.34. The fourth-order valence-corrected chi connectivity index (χ4v) is 3.88. The summed E-state index contributed by atoms with van der Waals surface area (Å²) in [6.45, 7) is 0.397. The fraction of sp³-hybridized carbons (Fsp3) is 0.0952. The summed E-state index contributed by atoms with van der Waals surface area (Å²) >= 11 is 12.6. The molecule has 3 N–H and O–H groups in total. The Morgan fingerprint density at radius 1 is 1.04 bits per heavy atom. The van der Waals surface area contributed by atoms with Crippen LogP contribution in [0.3, 0.4) is 0 Å². The average Bonchev–Trinajstić information content (AvgIpc) is 2.98. The van der Waals surface area contributed by atoms with E-state index in [4.69, 9.17) is 28.9 Å². The van der Waals surface area contributed by atoms with Crippen molar-refractivity contribution in [3.8, 4) is 0 Å². The van der Waals surface area contributed by atoms with Gasteiger partial charge in [-0.15, -0.1) is 0 Å². The highest BCUT2D eigenvalue weighted by atomic mass is 35.5. The molecule has 0 saturated carbocycles. The van der Waals surface area contributed by atoms with Gasteiger partial charge in [0.1, 0.15) is 0 Å². The third-order valence-corrected chi connectivity index (χ3v) is 5.62. The van der Waals surface area contributed by atoms with Gasteiger partial charge in [0.15, 0.2) is 0 Å². The monoisotopic (exact) mass is 398 g/mol. The number of aliphatic hydroxyl groups excluding tert-OH is 1. The van der Waals surface area contributed by atoms with Gasteiger partial charge in [0, 0.05) is 28.4 Å². The molecule has 3 aromatic carbocycles. The van der Waals surface area contributed by atoms with Crippen LogP contribution >= 0.6 is 23.2 Å². The van der Waals surface area contributed by atoms with E-state index < -0.39 is 5.91 Å². The number of aromatic nitrogens is 1. The van der Waals surface area contributed by atoms with Crippen molar-refractivity contribution in [2.75, 3.05) is 0 Å². The molecule has 6 heteroatoms. The maximum Gasteiger partial charge on any atom is 0.249 e. The minimum atomic E-state index is -0.480. The van der Waals surface area contributed by atoms with Crippen molar-refractivity contribution in [1.29, 1.82) is 0 Å². The van der Waals surface area contributed by atoms with Gasteiger partial charge in [-0.1, -0.05) is 53.5 Å². The summed E-state index contributed by atoms with van der Waals surface area (Å²) < 4.78 is 2.06. The molecule has 1 amide bonds. The second kappa shape index (κ2) is 6.89. The lowest BCUT2D eigenvalue weighted by molar-refractivity contribution is 0.100. The van der Waals surface area contributed by atoms with E-state index >= 15 is 0 Å². The highest BCUT2D eigenvalue weighted by molar-refractivity contribution is 6.42. The van der Waals surface area contributed by atoms with Crippen LogP contribution in [0, 0.1) is 0 Å². The number of rotatable bonds is 4. The van der Waals surface area contributed by atoms with Gasteiger partial charge in [0.05, 0.1) is 22.2 Å². The zero-order valence-corrected chi connectivity index (χ0v) is 15.8. The Labute approximate surface area is 165 Å². The number of halogens is 2. The standard InChI is InChI=1S/C21H16Cl2N2O2/c22-16-5-1-3-13(20(16)23)10-25-17-6-2-4-15(21(24)27)19(17)14-8-7-12(11-26)9-18(14)25/h1-9,26H,10-11H2,(H2,24,27). The SMILES string of the molecule is NC(=O)c1cccc2c1c1ccc(CO)cc1n2Cc1cccc(Cl)c1Cl. The van der Waals surface area contributed by atoms with Gasteiger partial charge < -0.3 is 15.4 Å². The van der Waals surface area contributed by atoms with Crippen LogP contribution in [0.5, 0.6) is 0 Å². The van der Waals surface area contributed by atoms with E-state index in [2.05, 4.69) is 4.57 Å². The lowest BCUT2D eigenvalue weighted by Crippen LogP contribution is -2.11. The molecule has 0 bridgehead atoms. The minimum absolute atomic E-state index is 0.0714. The van der Waals surface area contributed by atoms with Gasteiger partial charge >= 0.3 is 0 Å². The number of aliphatic hydroxyl groups is 1. The van der Waals surface area contributed by atoms with Crippen LogP contribution in [0.25, 0.3) is 21.8 Å². The molecule has 1 aromatic heterocycles. The van der Waals surface area contributed by atoms with Crippen LogP contribution in [-0.2, 0) is 13.2 Å². The summed E-state index contributed by atoms with van der Waals surface area (Å²) in [5.41, 5.74) is 9.47. The summed E-state index contributed by atoms with van der Waals surface area (Å²) in [5.74, 6) is -0.480. The van der Waals surface area contributed by atoms with E-state index in [1.165, 1.54) is 0 Å². The molecular weight excluding hydrogens is 383 g/mol. The third kappa shape index (κ3) is 2.96. The maximum absolute atomic E-state index is 12.0. The average molecular weight is 399 g/mol. The zero-order valence-electron chi connectivity index (χ0n) is 14.2. The van der Waals surface area contributed by atoms with Crippen LogP contribution in [0.1, 0.15) is 21.5 Å². The van der Waals surface area contributed by atoms with E-state index in [9.17, 15) is 9.90 Å². The topological polar surface area (TPSA) is 68.2 Å². The van der Waals surface area contributed by atoms with Gasteiger partial charge in [-0.3, -0.25) is 4.79 Å². The molecular formula is C21H16Cl2N2O2. The Hall–Kier alpha value is -2.53. The molecule has 0 aliphatic carbocycles. The van der Waals surface area contributed by atoms with Crippen molar-refractivity contribution in [3.63, 3.8) is 0 Å². The predicted octanol–water partition coefficient (Wildman–Crippen LogP) is 4.74. The molecule has 4 aromatic rings. The van der Waals surface area contributed by atoms with E-state index in [1.54, 1.807) is 12.1 Å². The Kier molecular flexibility index (Phi) is 4.56. The van der Waals surface area contributed by atoms with Crippen LogP contribution in [-0.4, -0.2) is 15.6 Å². The molecule has 136 valence electrons. The molecule has 4 nitrogen and oxygen atoms in total. The van der Waals surface area contributed by atoms with Gasteiger partial charge in [-0.05, 0) is 35.4 Å². The number of amides is 1. The lowest BCUT2D eigenvalue weighted by atomic mass is 10.0. The number of nitrogens with two attached hydrogens (primary N) is 1. The molecule has 1 heterocycles. The third-order valence-electron chi connectivity index (χ3n) is 4.76. The Balaban J connectivity index is 2.06. The predicted molar refractivity (Wildman–Crippen MR) is 109 cm³/mol. The number of fused-ring (bicyclic) bond motifs is 3. The first-order valence-corrected chi connectivity index (χ1v) is 9.14. The Morgan fingerprint density at radius 3 is 2.56 bits per heavy atom. The van der Waals surface area contributed by atoms with Crippen LogP contribution in [0.4, 0.5) is 0 Å². The summed E-state index contributed by atoms with van der Waals surface area (Å²) in [5, 5.41) is 12.2. The minimum Gasteiger partial charge on any atom is -0.392 e. The summed E-state index contributed by atoms with van der Waals surface area (Å²) in [6, 6.07) is 16.7. The highest BCUT2D eigenvalue weighted by Gasteiger charge is 2.17. The van der Waals surface area contributed by atoms with Crippen molar-refractivity contribution in [2.45, 2.75) is 13.2 Å². The van der Waals surface area contributed by atoms with Crippen molar-refractivity contribution < 1.29 is 9.90 Å². The van der Waals surface area contributed by atoms with Crippen LogP contribution < -0.4 is 5.73 Å². The first kappa shape index (κ1) is 17.9. The largest absolute Gasteiger partial charge is 0.392 e. The number of hydrogen-bond donors (Lipinski definition) is 2. The number of carbonyl (C=O) groups is 1. The molecule has 0 atom stereocenters. The fourth-order valence-electron chi connectivity index (χ4n) is 3.50. The van der Waals surface area contributed by atoms with Crippen LogP contribution in [0.2, 0.25) is 10.0 Å². The first-order valence-electron chi connectivity index (χ1n) is 8.38. The number of carbonyl (C=O) groups excluding carboxylic acids is 1. The number of benzene rings is 3. The van der Waals surface area contributed by atoms with E-state index in [1.807, 2.05) is 42.5 Å². The lowest BCUT2D eigenvalue weighted by Gasteiger charge is -2.11. The summed E-state index contributed by atoms with van der Waals surface area (Å²) in [7, 11) is 0. The van der Waals surface area contributed by atoms with Gasteiger partial charge in [-0.2, -0.15) is 0 Å². The molecule has 0 saturated heterocycles. The normalized spacial score (nSPS) is 11.4. The van der Waals surface area contributed by atoms with Gasteiger partial charge in [-0.25, -0.2) is 0 Å². The first-order chi connectivity index (χ1) is 13.0. The van der Waals surface area contributed by atoms with Crippen LogP contribution in [0.15, 0.2) is 54.6 Å². The van der Waals surface area contributed by atoms with Gasteiger partial charge in [0.2, 0.25) is 5.91 Å². The quantitative estimate of drug-likeness (QED) is 0.521. The van der Waals surface area contributed by atoms with Crippen molar-refractivity contribution in [2.24, 2.45) is 5.73 Å². The molecule has 27 heavy (non-hydrogen) atoms. The molecule has 0 aliphatic rings. The summed E-state index contributed by atoms with van der Waals surface area (Å²) in [4.78, 5) is 12.0. The molecule has 0 radical (unpaired) electrons. The number of hydrogen-bond acceptors (Lipinski definition) is 2. The van der Waals surface area contributed by atoms with E-state index in [0.717, 1.165) is 32.9 Å². The number of primary amides is 1. The molecule has 0 unspecified atom stereocenters. The Bertz CT molecular complexity index is 1200. The van der Waals surface area contributed by atoms with E-state index in [-0.39, 0.29) is 6.61 Å². The second-order valence-corrected chi connectivity index (χ2v) is 7.16. The van der Waals surface area contributed by atoms with Crippen molar-refractivity contribution >= 4 is 50.9 Å². The molecule has 0 fully saturated rings. The van der Waals surface area contributed by atoms with Gasteiger partial charge in [0.25, 0.3) is 0 Å². The van der Waals surface area contributed by atoms with Crippen molar-refractivity contribution in [1.82, 2.24) is 4.57 Å². The van der Waals surface area contributed by atoms with Crippen molar-refractivity contribution in [3.05, 3.63) is 81.3 Å². The molecule has 4 rings (SSSR count). The molecule has 0 spiro atoms. The smallest absolute Gasteiger partial charge is 0.249 e. The molecule has 0 aliphatic heterocycles. The summed E-state index contributed by atoms with van der Waals surface area (Å²) in [6.07, 6.45) is 0. The van der Waals surface area contributed by atoms with E-state index in [0.29, 0.717) is 22.2 Å². The maximum atomic E-state index is 12.0. The zero-order chi connectivity index (χ0) is 19.1. The number of nitrogens with zero attached hydrogens (tertiary/aromatic N) is 1. The Morgan fingerprint density at radius 2 is 1.81 bits per heavy atom.